The summed E-state index contributed by atoms with van der Waals surface area (Å²) in [6.45, 7) is 2.82. The van der Waals surface area contributed by atoms with Crippen LogP contribution in [0.5, 0.6) is 0 Å². The fourth-order valence-corrected chi connectivity index (χ4v) is 3.36. The Balaban J connectivity index is 0.00000200. The van der Waals surface area contributed by atoms with Crippen molar-refractivity contribution in [2.24, 2.45) is 5.92 Å². The molecule has 2 saturated heterocycles. The summed E-state index contributed by atoms with van der Waals surface area (Å²) in [5.41, 5.74) is 0. The van der Waals surface area contributed by atoms with Crippen LogP contribution in [0.2, 0.25) is 0 Å². The Morgan fingerprint density at radius 3 is 2.70 bits per heavy atom. The topological polar surface area (TPSA) is 78.5 Å². The van der Waals surface area contributed by atoms with Crippen LogP contribution in [0.25, 0.3) is 0 Å². The van der Waals surface area contributed by atoms with E-state index in [-0.39, 0.29) is 30.3 Å². The number of carbonyl (C=O) groups is 1. The molecule has 2 aliphatic rings. The molecular weight excluding hydrogens is 302 g/mol. The minimum absolute atomic E-state index is 0. The second-order valence-electron chi connectivity index (χ2n) is 5.56. The number of nitrogens with zero attached hydrogens (tertiary/aromatic N) is 1. The maximum atomic E-state index is 12.3. The fourth-order valence-electron chi connectivity index (χ4n) is 2.82. The van der Waals surface area contributed by atoms with E-state index in [1.165, 1.54) is 6.26 Å². The standard InChI is InChI=1S/C12H23N3O3S.ClH/c1-19(17,18)14-8-10-4-3-7-15(9-10)12(16)11-5-2-6-13-11;/h10-11,13-14H,2-9H2,1H3;1H/t10?,11-;/m0./s1. The predicted molar refractivity (Wildman–Crippen MR) is 80.4 cm³/mol. The number of likely N-dealkylation sites (tertiary alicyclic amines) is 1. The highest BCUT2D eigenvalue weighted by Crippen LogP contribution is 2.18. The van der Waals surface area contributed by atoms with Crippen LogP contribution in [0.15, 0.2) is 0 Å². The van der Waals surface area contributed by atoms with Gasteiger partial charge in [0, 0.05) is 19.6 Å². The van der Waals surface area contributed by atoms with Gasteiger partial charge in [-0.1, -0.05) is 0 Å². The summed E-state index contributed by atoms with van der Waals surface area (Å²) in [6.07, 6.45) is 5.07. The highest BCUT2D eigenvalue weighted by atomic mass is 35.5. The van der Waals surface area contributed by atoms with Gasteiger partial charge in [-0.15, -0.1) is 12.4 Å². The van der Waals surface area contributed by atoms with Crippen molar-refractivity contribution in [2.45, 2.75) is 31.7 Å². The predicted octanol–water partition coefficient (Wildman–Crippen LogP) is -0.0520. The van der Waals surface area contributed by atoms with Crippen molar-refractivity contribution in [3.05, 3.63) is 0 Å². The van der Waals surface area contributed by atoms with Crippen LogP contribution in [0.3, 0.4) is 0 Å². The zero-order chi connectivity index (χ0) is 13.9. The average molecular weight is 326 g/mol. The van der Waals surface area contributed by atoms with E-state index in [4.69, 9.17) is 0 Å². The lowest BCUT2D eigenvalue weighted by atomic mass is 9.97. The van der Waals surface area contributed by atoms with Gasteiger partial charge in [0.2, 0.25) is 15.9 Å². The zero-order valence-corrected chi connectivity index (χ0v) is 13.4. The summed E-state index contributed by atoms with van der Waals surface area (Å²) in [5.74, 6) is 0.412. The number of rotatable bonds is 4. The highest BCUT2D eigenvalue weighted by Gasteiger charge is 2.30. The van der Waals surface area contributed by atoms with E-state index in [0.717, 1.165) is 38.8 Å². The first-order chi connectivity index (χ1) is 8.96. The molecule has 2 atom stereocenters. The molecule has 0 aromatic carbocycles. The molecule has 0 aromatic heterocycles. The zero-order valence-electron chi connectivity index (χ0n) is 11.8. The Morgan fingerprint density at radius 1 is 1.35 bits per heavy atom. The van der Waals surface area contributed by atoms with Crippen LogP contribution in [0.4, 0.5) is 0 Å². The third-order valence-corrected chi connectivity index (χ3v) is 4.51. The minimum Gasteiger partial charge on any atom is -0.341 e. The molecule has 0 bridgehead atoms. The first kappa shape index (κ1) is 17.7. The molecular formula is C12H24ClN3O3S. The maximum Gasteiger partial charge on any atom is 0.239 e. The molecule has 2 aliphatic heterocycles. The van der Waals surface area contributed by atoms with E-state index in [2.05, 4.69) is 10.0 Å². The third kappa shape index (κ3) is 5.20. The second kappa shape index (κ2) is 7.59. The van der Waals surface area contributed by atoms with Crippen molar-refractivity contribution < 1.29 is 13.2 Å². The monoisotopic (exact) mass is 325 g/mol. The summed E-state index contributed by atoms with van der Waals surface area (Å²) >= 11 is 0. The molecule has 2 rings (SSSR count). The normalized spacial score (nSPS) is 27.1. The fraction of sp³-hybridized carbons (Fsp3) is 0.917. The van der Waals surface area contributed by atoms with Gasteiger partial charge in [0.25, 0.3) is 0 Å². The number of nitrogens with one attached hydrogen (secondary N) is 2. The van der Waals surface area contributed by atoms with E-state index >= 15 is 0 Å². The summed E-state index contributed by atoms with van der Waals surface area (Å²) in [5, 5.41) is 3.22. The van der Waals surface area contributed by atoms with Gasteiger partial charge in [-0.3, -0.25) is 4.79 Å². The Kier molecular flexibility index (Phi) is 6.71. The molecule has 1 amide bonds. The summed E-state index contributed by atoms with van der Waals surface area (Å²) < 4.78 is 24.7. The van der Waals surface area contributed by atoms with Crippen LogP contribution < -0.4 is 10.0 Å². The van der Waals surface area contributed by atoms with Crippen LogP contribution >= 0.6 is 12.4 Å². The Bertz CT molecular complexity index is 424. The van der Waals surface area contributed by atoms with Gasteiger partial charge < -0.3 is 10.2 Å². The van der Waals surface area contributed by atoms with E-state index < -0.39 is 10.0 Å². The van der Waals surface area contributed by atoms with Gasteiger partial charge in [0.15, 0.2) is 0 Å². The molecule has 0 aromatic rings. The van der Waals surface area contributed by atoms with Gasteiger partial charge in [-0.25, -0.2) is 13.1 Å². The number of hydrogen-bond acceptors (Lipinski definition) is 4. The molecule has 1 unspecified atom stereocenters. The number of sulfonamides is 1. The lowest BCUT2D eigenvalue weighted by molar-refractivity contribution is -0.134. The average Bonchev–Trinajstić information content (AvgIpc) is 2.89. The maximum absolute atomic E-state index is 12.3. The van der Waals surface area contributed by atoms with E-state index in [1.807, 2.05) is 4.90 Å². The van der Waals surface area contributed by atoms with Crippen LogP contribution in [-0.4, -0.2) is 57.7 Å². The van der Waals surface area contributed by atoms with Crippen LogP contribution in [0, 0.1) is 5.92 Å². The smallest absolute Gasteiger partial charge is 0.239 e. The first-order valence-corrected chi connectivity index (χ1v) is 8.81. The Hall–Kier alpha value is -0.370. The number of piperidine rings is 1. The quantitative estimate of drug-likeness (QED) is 0.759. The molecule has 0 spiro atoms. The SMILES string of the molecule is CS(=O)(=O)NCC1CCCN(C(=O)[C@@H]2CCCN2)C1.Cl. The van der Waals surface area contributed by atoms with Gasteiger partial charge in [0.05, 0.1) is 12.3 Å². The van der Waals surface area contributed by atoms with Gasteiger partial charge >= 0.3 is 0 Å². The van der Waals surface area contributed by atoms with Gasteiger partial charge in [-0.2, -0.15) is 0 Å². The molecule has 2 fully saturated rings. The molecule has 6 nitrogen and oxygen atoms in total. The molecule has 2 heterocycles. The molecule has 0 aliphatic carbocycles. The van der Waals surface area contributed by atoms with Crippen molar-refractivity contribution in [3.63, 3.8) is 0 Å². The summed E-state index contributed by atoms with van der Waals surface area (Å²) in [4.78, 5) is 14.2. The molecule has 20 heavy (non-hydrogen) atoms. The highest BCUT2D eigenvalue weighted by molar-refractivity contribution is 7.88. The van der Waals surface area contributed by atoms with E-state index in [0.29, 0.717) is 13.1 Å². The van der Waals surface area contributed by atoms with Crippen LogP contribution in [0.1, 0.15) is 25.7 Å². The minimum atomic E-state index is -3.14. The molecule has 0 radical (unpaired) electrons. The van der Waals surface area contributed by atoms with Crippen molar-refractivity contribution in [3.8, 4) is 0 Å². The van der Waals surface area contributed by atoms with Crippen LogP contribution in [-0.2, 0) is 14.8 Å². The number of hydrogen-bond donors (Lipinski definition) is 2. The van der Waals surface area contributed by atoms with E-state index in [1.54, 1.807) is 0 Å². The molecule has 118 valence electrons. The Morgan fingerprint density at radius 2 is 2.10 bits per heavy atom. The van der Waals surface area contributed by atoms with Crippen molar-refractivity contribution >= 4 is 28.3 Å². The second-order valence-corrected chi connectivity index (χ2v) is 7.40. The Labute approximate surface area is 127 Å². The number of halogens is 1. The van der Waals surface area contributed by atoms with Crippen molar-refractivity contribution in [1.29, 1.82) is 0 Å². The molecule has 8 heteroatoms. The number of carbonyl (C=O) groups excluding carboxylic acids is 1. The summed E-state index contributed by atoms with van der Waals surface area (Å²) in [7, 11) is -3.14. The summed E-state index contributed by atoms with van der Waals surface area (Å²) in [6, 6.07) is -0.0263. The third-order valence-electron chi connectivity index (χ3n) is 3.82. The molecule has 2 N–H and O–H groups in total. The first-order valence-electron chi connectivity index (χ1n) is 6.92. The van der Waals surface area contributed by atoms with Gasteiger partial charge in [0.1, 0.15) is 0 Å². The van der Waals surface area contributed by atoms with Crippen molar-refractivity contribution in [1.82, 2.24) is 14.9 Å². The van der Waals surface area contributed by atoms with E-state index in [9.17, 15) is 13.2 Å². The lowest BCUT2D eigenvalue weighted by Crippen LogP contribution is -2.49. The molecule has 0 saturated carbocycles. The largest absolute Gasteiger partial charge is 0.341 e. The lowest BCUT2D eigenvalue weighted by Gasteiger charge is -2.34. The number of amides is 1. The van der Waals surface area contributed by atoms with Crippen molar-refractivity contribution in [2.75, 3.05) is 32.4 Å². The van der Waals surface area contributed by atoms with Gasteiger partial charge in [-0.05, 0) is 38.1 Å².